The van der Waals surface area contributed by atoms with E-state index in [1.54, 1.807) is 24.4 Å². The zero-order valence-electron chi connectivity index (χ0n) is 12.8. The Labute approximate surface area is 147 Å². The van der Waals surface area contributed by atoms with Crippen LogP contribution in [0.15, 0.2) is 34.6 Å². The lowest BCUT2D eigenvalue weighted by Gasteiger charge is -2.30. The molecular weight excluding hydrogens is 353 g/mol. The molecule has 2 aromatic rings. The summed E-state index contributed by atoms with van der Waals surface area (Å²) in [5, 5.41) is 4.84. The number of aliphatic imine (C=N–C) groups is 1. The van der Waals surface area contributed by atoms with Gasteiger partial charge in [0.1, 0.15) is 10.7 Å². The molecule has 1 atom stereocenters. The molecule has 8 heteroatoms. The van der Waals surface area contributed by atoms with Crippen molar-refractivity contribution >= 4 is 40.6 Å². The molecule has 3 rings (SSSR count). The molecule has 1 aliphatic rings. The number of amidine groups is 1. The fourth-order valence-electron chi connectivity index (χ4n) is 2.54. The number of nitrogens with zero attached hydrogens (tertiary/aromatic N) is 1. The fraction of sp³-hybridized carbons (Fsp3) is 0.250. The minimum Gasteiger partial charge on any atom is -0.465 e. The second-order valence-corrected chi connectivity index (χ2v) is 6.89. The number of hydrogen-bond donors (Lipinski definition) is 2. The molecule has 0 aliphatic carbocycles. The molecule has 1 aliphatic heterocycles. The van der Waals surface area contributed by atoms with Crippen molar-refractivity contribution < 1.29 is 13.9 Å². The van der Waals surface area contributed by atoms with Gasteiger partial charge in [-0.25, -0.2) is 9.38 Å². The van der Waals surface area contributed by atoms with Crippen LogP contribution in [-0.4, -0.2) is 18.5 Å². The van der Waals surface area contributed by atoms with Crippen molar-refractivity contribution in [3.63, 3.8) is 0 Å². The van der Waals surface area contributed by atoms with Crippen molar-refractivity contribution in [2.45, 2.75) is 18.9 Å². The summed E-state index contributed by atoms with van der Waals surface area (Å²) in [5.41, 5.74) is 5.59. The third-order valence-electron chi connectivity index (χ3n) is 3.82. The highest BCUT2D eigenvalue weighted by Gasteiger charge is 2.33. The van der Waals surface area contributed by atoms with E-state index in [2.05, 4.69) is 10.3 Å². The maximum atomic E-state index is 14.3. The molecular formula is C16H15ClFN3O2S. The van der Waals surface area contributed by atoms with Gasteiger partial charge in [-0.05, 0) is 36.6 Å². The Morgan fingerprint density at radius 2 is 2.29 bits per heavy atom. The number of nitrogens with one attached hydrogen (secondary N) is 1. The first-order valence-corrected chi connectivity index (χ1v) is 8.47. The van der Waals surface area contributed by atoms with Crippen LogP contribution in [0.25, 0.3) is 0 Å². The van der Waals surface area contributed by atoms with Crippen LogP contribution < -0.4 is 11.1 Å². The number of carbonyl (C=O) groups excluding carboxylic acids is 1. The monoisotopic (exact) mass is 367 g/mol. The van der Waals surface area contributed by atoms with E-state index in [1.165, 1.54) is 23.5 Å². The van der Waals surface area contributed by atoms with Gasteiger partial charge in [-0.2, -0.15) is 0 Å². The van der Waals surface area contributed by atoms with E-state index < -0.39 is 11.4 Å². The Hall–Kier alpha value is -2.12. The summed E-state index contributed by atoms with van der Waals surface area (Å²) in [6, 6.07) is 6.04. The van der Waals surface area contributed by atoms with Crippen LogP contribution in [0.3, 0.4) is 0 Å². The Morgan fingerprint density at radius 3 is 2.96 bits per heavy atom. The lowest BCUT2D eigenvalue weighted by molar-refractivity contribution is 0.103. The average molecular weight is 368 g/mol. The van der Waals surface area contributed by atoms with E-state index in [-0.39, 0.29) is 11.9 Å². The molecule has 0 saturated carbocycles. The summed E-state index contributed by atoms with van der Waals surface area (Å²) >= 11 is 7.20. The lowest BCUT2D eigenvalue weighted by Crippen LogP contribution is -2.34. The maximum Gasteiger partial charge on any atom is 0.282 e. The number of benzene rings is 1. The van der Waals surface area contributed by atoms with Gasteiger partial charge >= 0.3 is 0 Å². The number of amides is 1. The Balaban J connectivity index is 1.91. The highest BCUT2D eigenvalue weighted by atomic mass is 35.5. The van der Waals surface area contributed by atoms with E-state index >= 15 is 0 Å². The molecule has 3 N–H and O–H groups in total. The van der Waals surface area contributed by atoms with Gasteiger partial charge in [-0.1, -0.05) is 11.6 Å². The van der Waals surface area contributed by atoms with Crippen molar-refractivity contribution in [2.24, 2.45) is 10.7 Å². The Kier molecular flexibility index (Phi) is 4.47. The van der Waals surface area contributed by atoms with Crippen LogP contribution >= 0.6 is 22.9 Å². The van der Waals surface area contributed by atoms with Gasteiger partial charge in [0.05, 0.1) is 17.2 Å². The van der Waals surface area contributed by atoms with Crippen LogP contribution in [0.4, 0.5) is 10.1 Å². The maximum absolute atomic E-state index is 14.3. The lowest BCUT2D eigenvalue weighted by atomic mass is 9.88. The van der Waals surface area contributed by atoms with Gasteiger partial charge in [0.15, 0.2) is 0 Å². The summed E-state index contributed by atoms with van der Waals surface area (Å²) in [4.78, 5) is 16.9. The van der Waals surface area contributed by atoms with Crippen LogP contribution in [0.2, 0.25) is 5.02 Å². The first-order chi connectivity index (χ1) is 11.4. The predicted octanol–water partition coefficient (Wildman–Crippen LogP) is 3.74. The average Bonchev–Trinajstić information content (AvgIpc) is 2.95. The molecule has 5 nitrogen and oxygen atoms in total. The van der Waals surface area contributed by atoms with Crippen LogP contribution in [0.1, 0.15) is 28.6 Å². The van der Waals surface area contributed by atoms with Crippen molar-refractivity contribution in [3.8, 4) is 0 Å². The van der Waals surface area contributed by atoms with E-state index in [0.29, 0.717) is 34.2 Å². The quantitative estimate of drug-likeness (QED) is 0.867. The summed E-state index contributed by atoms with van der Waals surface area (Å²) in [7, 11) is 0. The second-order valence-electron chi connectivity index (χ2n) is 5.57. The Morgan fingerprint density at radius 1 is 1.50 bits per heavy atom. The SMILES string of the molecule is C[C@@]1(c2cc(NC(=O)c3sccc3Cl)ccc2F)CCOC(N)=N1. The summed E-state index contributed by atoms with van der Waals surface area (Å²) in [6.45, 7) is 2.13. The first kappa shape index (κ1) is 16.7. The highest BCUT2D eigenvalue weighted by molar-refractivity contribution is 7.12. The predicted molar refractivity (Wildman–Crippen MR) is 93.2 cm³/mol. The second kappa shape index (κ2) is 6.41. The summed E-state index contributed by atoms with van der Waals surface area (Å²) < 4.78 is 19.4. The molecule has 0 spiro atoms. The number of rotatable bonds is 3. The number of halogens is 2. The number of ether oxygens (including phenoxy) is 1. The Bertz CT molecular complexity index is 823. The zero-order valence-corrected chi connectivity index (χ0v) is 14.4. The number of anilines is 1. The van der Waals surface area contributed by atoms with Crippen molar-refractivity contribution in [3.05, 3.63) is 50.9 Å². The van der Waals surface area contributed by atoms with Crippen molar-refractivity contribution in [1.82, 2.24) is 0 Å². The number of hydrogen-bond acceptors (Lipinski definition) is 5. The minimum atomic E-state index is -0.840. The molecule has 0 bridgehead atoms. The van der Waals surface area contributed by atoms with E-state index in [9.17, 15) is 9.18 Å². The highest BCUT2D eigenvalue weighted by Crippen LogP contribution is 2.35. The fourth-order valence-corrected chi connectivity index (χ4v) is 3.58. The standard InChI is InChI=1S/C16H15ClFN3O2S/c1-16(5-6-23-15(19)21-16)10-8-9(2-3-12(10)18)20-14(22)13-11(17)4-7-24-13/h2-4,7-8H,5-6H2,1H3,(H2,19,21)(H,20,22)/t16-/m0/s1. The van der Waals surface area contributed by atoms with Gasteiger partial charge in [0.25, 0.3) is 11.9 Å². The van der Waals surface area contributed by atoms with E-state index in [4.69, 9.17) is 22.1 Å². The molecule has 0 saturated heterocycles. The van der Waals surface area contributed by atoms with Crippen molar-refractivity contribution in [2.75, 3.05) is 11.9 Å². The number of thiophene rings is 1. The summed E-state index contributed by atoms with van der Waals surface area (Å²) in [6.07, 6.45) is 0.485. The van der Waals surface area contributed by atoms with E-state index in [1.807, 2.05) is 0 Å². The zero-order chi connectivity index (χ0) is 17.3. The largest absolute Gasteiger partial charge is 0.465 e. The molecule has 1 aromatic carbocycles. The number of nitrogens with two attached hydrogens (primary N) is 1. The van der Waals surface area contributed by atoms with Gasteiger partial charge in [-0.15, -0.1) is 11.3 Å². The van der Waals surface area contributed by atoms with Crippen LogP contribution in [-0.2, 0) is 10.3 Å². The van der Waals surface area contributed by atoms with E-state index in [0.717, 1.165) is 0 Å². The van der Waals surface area contributed by atoms with Gasteiger partial charge in [0.2, 0.25) is 0 Å². The first-order valence-electron chi connectivity index (χ1n) is 7.21. The van der Waals surface area contributed by atoms with Crippen LogP contribution in [0, 0.1) is 5.82 Å². The summed E-state index contributed by atoms with van der Waals surface area (Å²) in [5.74, 6) is -0.754. The normalized spacial score (nSPS) is 20.2. The molecule has 126 valence electrons. The van der Waals surface area contributed by atoms with Crippen molar-refractivity contribution in [1.29, 1.82) is 0 Å². The van der Waals surface area contributed by atoms with Gasteiger partial charge < -0.3 is 15.8 Å². The smallest absolute Gasteiger partial charge is 0.282 e. The molecule has 0 fully saturated rings. The van der Waals surface area contributed by atoms with Gasteiger partial charge in [-0.3, -0.25) is 4.79 Å². The minimum absolute atomic E-state index is 0.0305. The molecule has 0 radical (unpaired) electrons. The number of carbonyl (C=O) groups is 1. The third-order valence-corrected chi connectivity index (χ3v) is 5.16. The van der Waals surface area contributed by atoms with Crippen LogP contribution in [0.5, 0.6) is 0 Å². The molecule has 1 amide bonds. The molecule has 2 heterocycles. The molecule has 24 heavy (non-hydrogen) atoms. The topological polar surface area (TPSA) is 76.7 Å². The molecule has 1 aromatic heterocycles. The molecule has 0 unspecified atom stereocenters. The third kappa shape index (κ3) is 3.22. The van der Waals surface area contributed by atoms with Gasteiger partial charge in [0, 0.05) is 17.7 Å².